The number of aromatic nitrogens is 2. The SMILES string of the molecule is Cc1ccc(Br)cc1Nc1nnc(N)o1. The zero-order valence-corrected chi connectivity index (χ0v) is 9.58. The van der Waals surface area contributed by atoms with Crippen LogP contribution in [0.2, 0.25) is 0 Å². The Bertz CT molecular complexity index is 483. The molecule has 2 rings (SSSR count). The van der Waals surface area contributed by atoms with Crippen molar-refractivity contribution in [1.29, 1.82) is 0 Å². The summed E-state index contributed by atoms with van der Waals surface area (Å²) in [6.07, 6.45) is 0. The van der Waals surface area contributed by atoms with Crippen LogP contribution in [0.15, 0.2) is 27.1 Å². The van der Waals surface area contributed by atoms with Gasteiger partial charge in [-0.2, -0.15) is 0 Å². The topological polar surface area (TPSA) is 77.0 Å². The van der Waals surface area contributed by atoms with Crippen LogP contribution in [-0.2, 0) is 0 Å². The van der Waals surface area contributed by atoms with Gasteiger partial charge in [-0.15, -0.1) is 0 Å². The second-order valence-corrected chi connectivity index (χ2v) is 3.95. The molecule has 1 heterocycles. The number of aryl methyl sites for hydroxylation is 1. The first-order valence-corrected chi connectivity index (χ1v) is 5.06. The zero-order valence-electron chi connectivity index (χ0n) is 7.99. The van der Waals surface area contributed by atoms with Gasteiger partial charge >= 0.3 is 12.0 Å². The van der Waals surface area contributed by atoms with Crippen LogP contribution in [0.1, 0.15) is 5.56 Å². The Kier molecular flexibility index (Phi) is 2.59. The zero-order chi connectivity index (χ0) is 10.8. The molecule has 0 bridgehead atoms. The molecule has 0 saturated heterocycles. The molecule has 1 aromatic heterocycles. The highest BCUT2D eigenvalue weighted by Crippen LogP contribution is 2.23. The van der Waals surface area contributed by atoms with Gasteiger partial charge in [0.05, 0.1) is 0 Å². The number of halogens is 1. The normalized spacial score (nSPS) is 10.3. The molecule has 2 aromatic rings. The van der Waals surface area contributed by atoms with Crippen LogP contribution in [-0.4, -0.2) is 10.2 Å². The molecule has 6 heteroatoms. The maximum atomic E-state index is 5.31. The molecule has 0 fully saturated rings. The molecule has 78 valence electrons. The first-order chi connectivity index (χ1) is 7.15. The number of rotatable bonds is 2. The van der Waals surface area contributed by atoms with Crippen LogP contribution in [0.25, 0.3) is 0 Å². The summed E-state index contributed by atoms with van der Waals surface area (Å²) in [5.41, 5.74) is 7.29. The lowest BCUT2D eigenvalue weighted by atomic mass is 10.2. The second kappa shape index (κ2) is 3.90. The first-order valence-electron chi connectivity index (χ1n) is 4.27. The van der Waals surface area contributed by atoms with Gasteiger partial charge in [-0.3, -0.25) is 0 Å². The van der Waals surface area contributed by atoms with Crippen molar-refractivity contribution in [3.05, 3.63) is 28.2 Å². The summed E-state index contributed by atoms with van der Waals surface area (Å²) in [4.78, 5) is 0. The minimum atomic E-state index is 0.0464. The van der Waals surface area contributed by atoms with Crippen LogP contribution < -0.4 is 11.1 Å². The van der Waals surface area contributed by atoms with Crippen molar-refractivity contribution in [2.24, 2.45) is 0 Å². The number of hydrogen-bond donors (Lipinski definition) is 2. The van der Waals surface area contributed by atoms with Gasteiger partial charge in [0, 0.05) is 10.2 Å². The van der Waals surface area contributed by atoms with E-state index in [0.29, 0.717) is 0 Å². The van der Waals surface area contributed by atoms with Crippen molar-refractivity contribution in [2.75, 3.05) is 11.1 Å². The third-order valence-corrected chi connectivity index (χ3v) is 2.38. The van der Waals surface area contributed by atoms with Crippen molar-refractivity contribution in [3.8, 4) is 0 Å². The molecule has 0 amide bonds. The maximum Gasteiger partial charge on any atom is 0.321 e. The smallest absolute Gasteiger partial charge is 0.321 e. The molecule has 0 radical (unpaired) electrons. The van der Waals surface area contributed by atoms with Crippen molar-refractivity contribution in [2.45, 2.75) is 6.92 Å². The van der Waals surface area contributed by atoms with Gasteiger partial charge < -0.3 is 15.5 Å². The summed E-state index contributed by atoms with van der Waals surface area (Å²) in [6, 6.07) is 6.20. The Morgan fingerprint density at radius 1 is 1.40 bits per heavy atom. The highest BCUT2D eigenvalue weighted by atomic mass is 79.9. The summed E-state index contributed by atoms with van der Waals surface area (Å²) in [6.45, 7) is 1.98. The summed E-state index contributed by atoms with van der Waals surface area (Å²) in [5.74, 6) is 0. The molecule has 3 N–H and O–H groups in total. The average Bonchev–Trinajstić information content (AvgIpc) is 2.58. The van der Waals surface area contributed by atoms with E-state index < -0.39 is 0 Å². The fourth-order valence-electron chi connectivity index (χ4n) is 1.13. The summed E-state index contributed by atoms with van der Waals surface area (Å²) < 4.78 is 5.99. The van der Waals surface area contributed by atoms with E-state index >= 15 is 0 Å². The summed E-state index contributed by atoms with van der Waals surface area (Å²) in [5, 5.41) is 10.2. The molecule has 5 nitrogen and oxygen atoms in total. The quantitative estimate of drug-likeness (QED) is 0.875. The molecule has 15 heavy (non-hydrogen) atoms. The van der Waals surface area contributed by atoms with Crippen LogP contribution in [0.4, 0.5) is 17.7 Å². The van der Waals surface area contributed by atoms with E-state index in [9.17, 15) is 0 Å². The molecule has 0 aliphatic carbocycles. The van der Waals surface area contributed by atoms with Gasteiger partial charge in [0.25, 0.3) is 0 Å². The van der Waals surface area contributed by atoms with E-state index in [4.69, 9.17) is 10.2 Å². The molecule has 0 unspecified atom stereocenters. The number of benzene rings is 1. The number of nitrogens with zero attached hydrogens (tertiary/aromatic N) is 2. The van der Waals surface area contributed by atoms with Gasteiger partial charge in [-0.05, 0) is 24.6 Å². The Hall–Kier alpha value is -1.56. The van der Waals surface area contributed by atoms with Crippen LogP contribution in [0.3, 0.4) is 0 Å². The fraction of sp³-hybridized carbons (Fsp3) is 0.111. The lowest BCUT2D eigenvalue weighted by Crippen LogP contribution is -1.93. The van der Waals surface area contributed by atoms with Crippen molar-refractivity contribution < 1.29 is 4.42 Å². The minimum absolute atomic E-state index is 0.0464. The molecule has 0 atom stereocenters. The van der Waals surface area contributed by atoms with E-state index in [1.807, 2.05) is 25.1 Å². The van der Waals surface area contributed by atoms with Crippen LogP contribution >= 0.6 is 15.9 Å². The lowest BCUT2D eigenvalue weighted by Gasteiger charge is -2.05. The Morgan fingerprint density at radius 2 is 2.20 bits per heavy atom. The third kappa shape index (κ3) is 2.27. The number of nitrogens with two attached hydrogens (primary N) is 1. The molecular formula is C9H9BrN4O. The monoisotopic (exact) mass is 268 g/mol. The van der Waals surface area contributed by atoms with Crippen molar-refractivity contribution in [3.63, 3.8) is 0 Å². The van der Waals surface area contributed by atoms with E-state index in [1.165, 1.54) is 0 Å². The predicted octanol–water partition coefficient (Wildman–Crippen LogP) is 2.47. The third-order valence-electron chi connectivity index (χ3n) is 1.88. The molecule has 0 aliphatic rings. The van der Waals surface area contributed by atoms with E-state index in [2.05, 4.69) is 31.4 Å². The standard InChI is InChI=1S/C9H9BrN4O/c1-5-2-3-6(10)4-7(5)12-9-14-13-8(11)15-9/h2-4H,1H3,(H2,11,13)(H,12,14). The second-order valence-electron chi connectivity index (χ2n) is 3.03. The van der Waals surface area contributed by atoms with Gasteiger partial charge in [0.1, 0.15) is 0 Å². The highest BCUT2D eigenvalue weighted by molar-refractivity contribution is 9.10. The predicted molar refractivity (Wildman–Crippen MR) is 60.9 cm³/mol. The minimum Gasteiger partial charge on any atom is -0.389 e. The lowest BCUT2D eigenvalue weighted by molar-refractivity contribution is 0.593. The maximum absolute atomic E-state index is 5.31. The number of anilines is 3. The fourth-order valence-corrected chi connectivity index (χ4v) is 1.49. The highest BCUT2D eigenvalue weighted by Gasteiger charge is 2.05. The van der Waals surface area contributed by atoms with Gasteiger partial charge in [-0.1, -0.05) is 32.2 Å². The average molecular weight is 269 g/mol. The van der Waals surface area contributed by atoms with Gasteiger partial charge in [0.15, 0.2) is 0 Å². The van der Waals surface area contributed by atoms with E-state index in [1.54, 1.807) is 0 Å². The molecule has 1 aromatic carbocycles. The van der Waals surface area contributed by atoms with Crippen LogP contribution in [0.5, 0.6) is 0 Å². The van der Waals surface area contributed by atoms with Crippen molar-refractivity contribution >= 4 is 33.6 Å². The van der Waals surface area contributed by atoms with Crippen molar-refractivity contribution in [1.82, 2.24) is 10.2 Å². The summed E-state index contributed by atoms with van der Waals surface area (Å²) >= 11 is 3.38. The molecular weight excluding hydrogens is 260 g/mol. The number of nitrogen functional groups attached to an aromatic ring is 1. The van der Waals surface area contributed by atoms with Gasteiger partial charge in [-0.25, -0.2) is 0 Å². The molecule has 0 spiro atoms. The Balaban J connectivity index is 2.27. The first kappa shape index (κ1) is 9.97. The largest absolute Gasteiger partial charge is 0.389 e. The van der Waals surface area contributed by atoms with E-state index in [0.717, 1.165) is 15.7 Å². The number of hydrogen-bond acceptors (Lipinski definition) is 5. The molecule has 0 saturated carbocycles. The number of nitrogens with one attached hydrogen (secondary N) is 1. The van der Waals surface area contributed by atoms with Crippen LogP contribution in [0, 0.1) is 6.92 Å². The summed E-state index contributed by atoms with van der Waals surface area (Å²) in [7, 11) is 0. The van der Waals surface area contributed by atoms with E-state index in [-0.39, 0.29) is 12.0 Å². The molecule has 0 aliphatic heterocycles. The van der Waals surface area contributed by atoms with Gasteiger partial charge in [0.2, 0.25) is 0 Å². The Morgan fingerprint density at radius 3 is 2.87 bits per heavy atom. The Labute approximate surface area is 94.8 Å².